The van der Waals surface area contributed by atoms with Gasteiger partial charge in [0.2, 0.25) is 0 Å². The minimum atomic E-state index is -0.210. The van der Waals surface area contributed by atoms with Gasteiger partial charge in [0, 0.05) is 29.7 Å². The lowest BCUT2D eigenvalue weighted by Gasteiger charge is -2.05. The fourth-order valence-corrected chi connectivity index (χ4v) is 4.04. The Hall–Kier alpha value is -3.23. The van der Waals surface area contributed by atoms with Crippen molar-refractivity contribution < 1.29 is 14.3 Å². The lowest BCUT2D eigenvalue weighted by Crippen LogP contribution is -2.11. The smallest absolute Gasteiger partial charge is 0.257 e. The quantitative estimate of drug-likeness (QED) is 0.478. The first-order valence-corrected chi connectivity index (χ1v) is 10.3. The molecule has 0 fully saturated rings. The maximum absolute atomic E-state index is 12.8. The number of carbonyl (C=O) groups is 1. The zero-order chi connectivity index (χ0) is 21.1. The van der Waals surface area contributed by atoms with E-state index in [1.807, 2.05) is 41.8 Å². The van der Waals surface area contributed by atoms with E-state index >= 15 is 0 Å². The van der Waals surface area contributed by atoms with Gasteiger partial charge in [-0.2, -0.15) is 0 Å². The van der Waals surface area contributed by atoms with Crippen molar-refractivity contribution in [1.29, 1.82) is 0 Å². The van der Waals surface area contributed by atoms with Gasteiger partial charge in [-0.1, -0.05) is 0 Å². The van der Waals surface area contributed by atoms with Gasteiger partial charge in [-0.25, -0.2) is 9.97 Å². The molecule has 0 unspecified atom stereocenters. The van der Waals surface area contributed by atoms with E-state index in [9.17, 15) is 4.79 Å². The molecule has 2 aromatic carbocycles. The van der Waals surface area contributed by atoms with Crippen molar-refractivity contribution in [2.45, 2.75) is 13.5 Å². The molecule has 0 aliphatic rings. The summed E-state index contributed by atoms with van der Waals surface area (Å²) in [6.45, 7) is 3.31. The number of aryl methyl sites for hydroxylation is 1. The molecular formula is C22H22N4O3S. The van der Waals surface area contributed by atoms with Crippen molar-refractivity contribution in [2.24, 2.45) is 0 Å². The van der Waals surface area contributed by atoms with E-state index in [0.717, 1.165) is 32.9 Å². The molecule has 0 atom stereocenters. The monoisotopic (exact) mass is 422 g/mol. The number of benzene rings is 2. The molecule has 1 N–H and O–H groups in total. The van der Waals surface area contributed by atoms with E-state index < -0.39 is 0 Å². The number of nitrogens with zero attached hydrogens (tertiary/aromatic N) is 3. The standard InChI is InChI=1S/C22H22N4O3S/c1-14-20(15-4-7-17(29-3)8-5-15)24-22(30-14)25-21(27)16-6-9-19-18(12-16)23-13-26(19)10-11-28-2/h4-9,12-13H,10-11H2,1-3H3,(H,24,25,27). The van der Waals surface area contributed by atoms with Gasteiger partial charge in [0.25, 0.3) is 5.91 Å². The molecule has 2 aromatic heterocycles. The van der Waals surface area contributed by atoms with Crippen LogP contribution in [0.4, 0.5) is 5.13 Å². The largest absolute Gasteiger partial charge is 0.497 e. The van der Waals surface area contributed by atoms with Crippen LogP contribution < -0.4 is 10.1 Å². The summed E-state index contributed by atoms with van der Waals surface area (Å²) in [6.07, 6.45) is 1.76. The summed E-state index contributed by atoms with van der Waals surface area (Å²) in [5, 5.41) is 3.47. The van der Waals surface area contributed by atoms with E-state index in [1.54, 1.807) is 32.7 Å². The van der Waals surface area contributed by atoms with Gasteiger partial charge in [0.1, 0.15) is 5.75 Å². The van der Waals surface area contributed by atoms with Crippen molar-refractivity contribution in [3.8, 4) is 17.0 Å². The summed E-state index contributed by atoms with van der Waals surface area (Å²) in [5.74, 6) is 0.582. The van der Waals surface area contributed by atoms with Crippen LogP contribution in [0.3, 0.4) is 0 Å². The molecule has 4 aromatic rings. The molecule has 0 aliphatic carbocycles. The predicted molar refractivity (Wildman–Crippen MR) is 118 cm³/mol. The molecule has 7 nitrogen and oxygen atoms in total. The van der Waals surface area contributed by atoms with Crippen molar-refractivity contribution in [3.63, 3.8) is 0 Å². The second kappa shape index (κ2) is 8.64. The van der Waals surface area contributed by atoms with Crippen molar-refractivity contribution >= 4 is 33.4 Å². The number of thiazole rings is 1. The van der Waals surface area contributed by atoms with Crippen LogP contribution in [0.25, 0.3) is 22.3 Å². The topological polar surface area (TPSA) is 78.3 Å². The predicted octanol–water partition coefficient (Wildman–Crippen LogP) is 4.38. The van der Waals surface area contributed by atoms with Gasteiger partial charge in [0.05, 0.1) is 36.8 Å². The first-order valence-electron chi connectivity index (χ1n) is 9.46. The average molecular weight is 423 g/mol. The van der Waals surface area contributed by atoms with Crippen molar-refractivity contribution in [3.05, 3.63) is 59.2 Å². The molecule has 8 heteroatoms. The Morgan fingerprint density at radius 1 is 1.17 bits per heavy atom. The van der Waals surface area contributed by atoms with Crippen LogP contribution in [0.1, 0.15) is 15.2 Å². The molecule has 30 heavy (non-hydrogen) atoms. The molecule has 0 aliphatic heterocycles. The summed E-state index contributed by atoms with van der Waals surface area (Å²) >= 11 is 1.45. The van der Waals surface area contributed by atoms with Gasteiger partial charge < -0.3 is 14.0 Å². The number of aromatic nitrogens is 3. The molecule has 2 heterocycles. The third kappa shape index (κ3) is 4.05. The molecule has 4 rings (SSSR count). The highest BCUT2D eigenvalue weighted by Gasteiger charge is 2.14. The normalized spacial score (nSPS) is 11.0. The Kier molecular flexibility index (Phi) is 5.78. The lowest BCUT2D eigenvalue weighted by atomic mass is 10.1. The van der Waals surface area contributed by atoms with Gasteiger partial charge >= 0.3 is 0 Å². The second-order valence-corrected chi connectivity index (χ2v) is 7.94. The minimum Gasteiger partial charge on any atom is -0.497 e. The third-order valence-electron chi connectivity index (χ3n) is 4.80. The summed E-state index contributed by atoms with van der Waals surface area (Å²) in [7, 11) is 3.31. The van der Waals surface area contributed by atoms with Crippen molar-refractivity contribution in [1.82, 2.24) is 14.5 Å². The highest BCUT2D eigenvalue weighted by atomic mass is 32.1. The highest BCUT2D eigenvalue weighted by molar-refractivity contribution is 7.16. The van der Waals surface area contributed by atoms with E-state index in [4.69, 9.17) is 9.47 Å². The average Bonchev–Trinajstić information content (AvgIpc) is 3.34. The zero-order valence-corrected chi connectivity index (χ0v) is 17.8. The van der Waals surface area contributed by atoms with Crippen LogP contribution >= 0.6 is 11.3 Å². The molecule has 1 amide bonds. The number of ether oxygens (including phenoxy) is 2. The number of rotatable bonds is 7. The number of hydrogen-bond acceptors (Lipinski definition) is 6. The minimum absolute atomic E-state index is 0.210. The van der Waals surface area contributed by atoms with Gasteiger partial charge in [-0.05, 0) is 49.4 Å². The molecule has 0 saturated heterocycles. The maximum atomic E-state index is 12.8. The third-order valence-corrected chi connectivity index (χ3v) is 5.69. The van der Waals surface area contributed by atoms with Crippen LogP contribution in [0.2, 0.25) is 0 Å². The number of imidazole rings is 1. The second-order valence-electron chi connectivity index (χ2n) is 6.74. The molecule has 0 radical (unpaired) electrons. The lowest BCUT2D eigenvalue weighted by molar-refractivity contribution is 0.102. The van der Waals surface area contributed by atoms with Gasteiger partial charge in [-0.3, -0.25) is 10.1 Å². The number of carbonyl (C=O) groups excluding carboxylic acids is 1. The number of amides is 1. The van der Waals surface area contributed by atoms with E-state index in [1.165, 1.54) is 11.3 Å². The zero-order valence-electron chi connectivity index (χ0n) is 17.0. The molecule has 0 saturated carbocycles. The summed E-state index contributed by atoms with van der Waals surface area (Å²) in [5.41, 5.74) is 4.11. The SMILES string of the molecule is COCCn1cnc2cc(C(=O)Nc3nc(-c4ccc(OC)cc4)c(C)s3)ccc21. The van der Waals surface area contributed by atoms with Crippen LogP contribution in [0.15, 0.2) is 48.8 Å². The number of fused-ring (bicyclic) bond motifs is 1. The summed E-state index contributed by atoms with van der Waals surface area (Å²) in [6, 6.07) is 13.2. The van der Waals surface area contributed by atoms with Crippen LogP contribution in [-0.2, 0) is 11.3 Å². The Labute approximate surface area is 178 Å². The van der Waals surface area contributed by atoms with Gasteiger partial charge in [0.15, 0.2) is 5.13 Å². The molecular weight excluding hydrogens is 400 g/mol. The van der Waals surface area contributed by atoms with Crippen LogP contribution in [-0.4, -0.2) is 41.3 Å². The van der Waals surface area contributed by atoms with Crippen LogP contribution in [0, 0.1) is 6.92 Å². The number of nitrogens with one attached hydrogen (secondary N) is 1. The fourth-order valence-electron chi connectivity index (χ4n) is 3.21. The number of hydrogen-bond donors (Lipinski definition) is 1. The summed E-state index contributed by atoms with van der Waals surface area (Å²) < 4.78 is 12.3. The fraction of sp³-hybridized carbons (Fsp3) is 0.227. The first kappa shape index (κ1) is 20.1. The summed E-state index contributed by atoms with van der Waals surface area (Å²) in [4.78, 5) is 22.8. The Morgan fingerprint density at radius 2 is 1.97 bits per heavy atom. The first-order chi connectivity index (χ1) is 14.6. The maximum Gasteiger partial charge on any atom is 0.257 e. The highest BCUT2D eigenvalue weighted by Crippen LogP contribution is 2.31. The molecule has 0 spiro atoms. The number of anilines is 1. The van der Waals surface area contributed by atoms with E-state index in [-0.39, 0.29) is 5.91 Å². The molecule has 0 bridgehead atoms. The molecule has 154 valence electrons. The van der Waals surface area contributed by atoms with Crippen LogP contribution in [0.5, 0.6) is 5.75 Å². The van der Waals surface area contributed by atoms with Gasteiger partial charge in [-0.15, -0.1) is 11.3 Å². The van der Waals surface area contributed by atoms with E-state index in [2.05, 4.69) is 15.3 Å². The Bertz CT molecular complexity index is 1180. The Morgan fingerprint density at radius 3 is 2.70 bits per heavy atom. The van der Waals surface area contributed by atoms with Crippen molar-refractivity contribution in [2.75, 3.05) is 26.1 Å². The van der Waals surface area contributed by atoms with E-state index in [0.29, 0.717) is 23.8 Å². The Balaban J connectivity index is 1.52. The number of methoxy groups -OCH3 is 2.